The van der Waals surface area contributed by atoms with Crippen LogP contribution in [0.2, 0.25) is 0 Å². The summed E-state index contributed by atoms with van der Waals surface area (Å²) in [6.07, 6.45) is 3.66. The first-order valence-corrected chi connectivity index (χ1v) is 20.7. The summed E-state index contributed by atoms with van der Waals surface area (Å²) >= 11 is 0. The number of pyridine rings is 1. The SMILES string of the molecule is c1ccc(-c2nc(-c3ccc(-c4cccnc4)cc3)nc(-c3ccc(-c4cccc(-c5ccc6c(c5)C5(c7ccccc7-c7ccccc75)c5ccccc5-6)c4)cc3)n2)cc1. The van der Waals surface area contributed by atoms with Crippen LogP contribution in [0.15, 0.2) is 219 Å². The zero-order valence-electron chi connectivity index (χ0n) is 33.1. The summed E-state index contributed by atoms with van der Waals surface area (Å²) < 4.78 is 0. The second-order valence-electron chi connectivity index (χ2n) is 15.8. The molecule has 8 aromatic carbocycles. The summed E-state index contributed by atoms with van der Waals surface area (Å²) in [5.74, 6) is 1.89. The van der Waals surface area contributed by atoms with Gasteiger partial charge in [0.2, 0.25) is 0 Å². The van der Waals surface area contributed by atoms with Crippen molar-refractivity contribution in [2.45, 2.75) is 5.41 Å². The van der Waals surface area contributed by atoms with Crippen molar-refractivity contribution < 1.29 is 0 Å². The average Bonchev–Trinajstić information content (AvgIpc) is 3.82. The first-order valence-electron chi connectivity index (χ1n) is 20.7. The highest BCUT2D eigenvalue weighted by atomic mass is 15.0. The molecule has 0 fully saturated rings. The molecule has 2 aromatic heterocycles. The highest BCUT2D eigenvalue weighted by molar-refractivity contribution is 5.96. The van der Waals surface area contributed by atoms with Gasteiger partial charge in [-0.2, -0.15) is 0 Å². The van der Waals surface area contributed by atoms with Crippen LogP contribution in [-0.2, 0) is 5.41 Å². The van der Waals surface area contributed by atoms with Crippen LogP contribution in [-0.4, -0.2) is 19.9 Å². The van der Waals surface area contributed by atoms with Crippen molar-refractivity contribution in [3.05, 3.63) is 241 Å². The van der Waals surface area contributed by atoms with Gasteiger partial charge in [0.15, 0.2) is 17.5 Å². The molecule has 284 valence electrons. The van der Waals surface area contributed by atoms with E-state index >= 15 is 0 Å². The fraction of sp³-hybridized carbons (Fsp3) is 0.0175. The predicted molar refractivity (Wildman–Crippen MR) is 247 cm³/mol. The Bertz CT molecular complexity index is 3220. The molecular formula is C57H36N4. The third-order valence-electron chi connectivity index (χ3n) is 12.5. The molecule has 0 atom stereocenters. The molecule has 10 aromatic rings. The van der Waals surface area contributed by atoms with Crippen molar-refractivity contribution >= 4 is 0 Å². The Balaban J connectivity index is 0.907. The summed E-state index contributed by atoms with van der Waals surface area (Å²) in [7, 11) is 0. The molecule has 2 aliphatic rings. The van der Waals surface area contributed by atoms with Crippen molar-refractivity contribution in [1.82, 2.24) is 19.9 Å². The second kappa shape index (κ2) is 14.0. The lowest BCUT2D eigenvalue weighted by Gasteiger charge is -2.30. The van der Waals surface area contributed by atoms with Gasteiger partial charge >= 0.3 is 0 Å². The normalized spacial score (nSPS) is 12.7. The van der Waals surface area contributed by atoms with Crippen LogP contribution in [0.1, 0.15) is 22.3 Å². The lowest BCUT2D eigenvalue weighted by atomic mass is 9.70. The van der Waals surface area contributed by atoms with Crippen molar-refractivity contribution in [2.24, 2.45) is 0 Å². The molecule has 0 amide bonds. The molecular weight excluding hydrogens is 741 g/mol. The number of rotatable bonds is 6. The summed E-state index contributed by atoms with van der Waals surface area (Å²) in [6.45, 7) is 0. The molecule has 2 heterocycles. The molecule has 0 saturated heterocycles. The fourth-order valence-electron chi connectivity index (χ4n) is 9.66. The van der Waals surface area contributed by atoms with Gasteiger partial charge in [0.05, 0.1) is 5.41 Å². The number of benzene rings is 8. The van der Waals surface area contributed by atoms with Crippen molar-refractivity contribution in [2.75, 3.05) is 0 Å². The van der Waals surface area contributed by atoms with E-state index in [0.29, 0.717) is 17.5 Å². The number of nitrogens with zero attached hydrogens (tertiary/aromatic N) is 4. The van der Waals surface area contributed by atoms with Crippen LogP contribution >= 0.6 is 0 Å². The molecule has 4 heteroatoms. The molecule has 0 N–H and O–H groups in total. The van der Waals surface area contributed by atoms with Crippen LogP contribution in [0.4, 0.5) is 0 Å². The second-order valence-corrected chi connectivity index (χ2v) is 15.8. The van der Waals surface area contributed by atoms with Gasteiger partial charge in [0, 0.05) is 29.1 Å². The van der Waals surface area contributed by atoms with Crippen LogP contribution in [0, 0.1) is 0 Å². The molecule has 0 aliphatic heterocycles. The van der Waals surface area contributed by atoms with Gasteiger partial charge in [-0.25, -0.2) is 15.0 Å². The van der Waals surface area contributed by atoms with E-state index in [1.165, 1.54) is 55.6 Å². The van der Waals surface area contributed by atoms with Crippen molar-refractivity contribution in [3.63, 3.8) is 0 Å². The van der Waals surface area contributed by atoms with E-state index in [1.54, 1.807) is 6.20 Å². The van der Waals surface area contributed by atoms with E-state index in [-0.39, 0.29) is 5.41 Å². The Morgan fingerprint density at radius 2 is 0.656 bits per heavy atom. The maximum atomic E-state index is 5.03. The first kappa shape index (κ1) is 34.9. The fourth-order valence-corrected chi connectivity index (χ4v) is 9.66. The highest BCUT2D eigenvalue weighted by Gasteiger charge is 2.51. The summed E-state index contributed by atoms with van der Waals surface area (Å²) in [5, 5.41) is 0. The zero-order valence-corrected chi connectivity index (χ0v) is 33.1. The number of aromatic nitrogens is 4. The lowest BCUT2D eigenvalue weighted by Crippen LogP contribution is -2.25. The molecule has 0 unspecified atom stereocenters. The van der Waals surface area contributed by atoms with Crippen molar-refractivity contribution in [1.29, 1.82) is 0 Å². The monoisotopic (exact) mass is 776 g/mol. The minimum atomic E-state index is -0.374. The summed E-state index contributed by atoms with van der Waals surface area (Å²) in [4.78, 5) is 19.3. The summed E-state index contributed by atoms with van der Waals surface area (Å²) in [5.41, 5.74) is 19.9. The zero-order chi connectivity index (χ0) is 40.3. The molecule has 61 heavy (non-hydrogen) atoms. The smallest absolute Gasteiger partial charge is 0.164 e. The van der Waals surface area contributed by atoms with Gasteiger partial charge in [-0.15, -0.1) is 0 Å². The van der Waals surface area contributed by atoms with Gasteiger partial charge in [-0.3, -0.25) is 4.98 Å². The van der Waals surface area contributed by atoms with Gasteiger partial charge < -0.3 is 0 Å². The third-order valence-corrected chi connectivity index (χ3v) is 12.5. The lowest BCUT2D eigenvalue weighted by molar-refractivity contribution is 0.794. The van der Waals surface area contributed by atoms with E-state index in [4.69, 9.17) is 15.0 Å². The third kappa shape index (κ3) is 5.61. The molecule has 1 spiro atoms. The summed E-state index contributed by atoms with van der Waals surface area (Å²) in [6, 6.07) is 73.9. The topological polar surface area (TPSA) is 51.6 Å². The van der Waals surface area contributed by atoms with Gasteiger partial charge in [-0.1, -0.05) is 188 Å². The molecule has 4 nitrogen and oxygen atoms in total. The largest absolute Gasteiger partial charge is 0.264 e. The molecule has 0 radical (unpaired) electrons. The molecule has 0 bridgehead atoms. The van der Waals surface area contributed by atoms with Crippen LogP contribution in [0.3, 0.4) is 0 Å². The maximum Gasteiger partial charge on any atom is 0.164 e. The van der Waals surface area contributed by atoms with E-state index in [2.05, 4.69) is 175 Å². The van der Waals surface area contributed by atoms with Gasteiger partial charge in [-0.05, 0) is 96.1 Å². The van der Waals surface area contributed by atoms with Gasteiger partial charge in [0.1, 0.15) is 0 Å². The number of hydrogen-bond donors (Lipinski definition) is 0. The Kier molecular flexibility index (Phi) is 8.04. The minimum absolute atomic E-state index is 0.374. The quantitative estimate of drug-likeness (QED) is 0.169. The predicted octanol–water partition coefficient (Wildman–Crippen LogP) is 13.6. The standard InChI is InChI=1S/C57H36N4/c1-2-12-39(13-3-1)54-59-55(61-56(60-54)41-29-25-38(26-30-41)45-16-11-33-58-36-45)40-27-23-37(24-28-40)42-14-10-15-43(34-42)44-31-32-49-48-19-6-9-22-52(48)57(53(49)35-44)50-20-7-4-17-46(50)47-18-5-8-21-51(47)57/h1-36H. The van der Waals surface area contributed by atoms with Crippen LogP contribution < -0.4 is 0 Å². The Hall–Kier alpha value is -8.08. The Morgan fingerprint density at radius 1 is 0.262 bits per heavy atom. The van der Waals surface area contributed by atoms with Crippen molar-refractivity contribution in [3.8, 4) is 89.8 Å². The van der Waals surface area contributed by atoms with E-state index in [9.17, 15) is 0 Å². The Morgan fingerprint density at radius 3 is 1.20 bits per heavy atom. The van der Waals surface area contributed by atoms with E-state index < -0.39 is 0 Å². The van der Waals surface area contributed by atoms with Crippen LogP contribution in [0.5, 0.6) is 0 Å². The minimum Gasteiger partial charge on any atom is -0.264 e. The molecule has 12 rings (SSSR count). The van der Waals surface area contributed by atoms with Gasteiger partial charge in [0.25, 0.3) is 0 Å². The first-order chi connectivity index (χ1) is 30.2. The van der Waals surface area contributed by atoms with Crippen LogP contribution in [0.25, 0.3) is 89.8 Å². The highest BCUT2D eigenvalue weighted by Crippen LogP contribution is 2.63. The Labute approximate surface area is 354 Å². The maximum absolute atomic E-state index is 5.03. The van der Waals surface area contributed by atoms with E-state index in [0.717, 1.165) is 38.9 Å². The molecule has 2 aliphatic carbocycles. The molecule has 0 saturated carbocycles. The van der Waals surface area contributed by atoms with E-state index in [1.807, 2.05) is 42.6 Å². The average molecular weight is 777 g/mol. The number of fused-ring (bicyclic) bond motifs is 10. The number of hydrogen-bond acceptors (Lipinski definition) is 4.